The van der Waals surface area contributed by atoms with Gasteiger partial charge in [0.05, 0.1) is 52.2 Å². The van der Waals surface area contributed by atoms with E-state index in [-0.39, 0.29) is 45.6 Å². The van der Waals surface area contributed by atoms with E-state index in [2.05, 4.69) is 19.6 Å². The molecule has 4 N–H and O–H groups in total. The summed E-state index contributed by atoms with van der Waals surface area (Å²) in [6, 6.07) is 18.0. The molecule has 256 valence electrons. The predicted molar refractivity (Wildman–Crippen MR) is 168 cm³/mol. The average molecular weight is 649 g/mol. The molecule has 2 unspecified atom stereocenters. The predicted octanol–water partition coefficient (Wildman–Crippen LogP) is 1.53. The summed E-state index contributed by atoms with van der Waals surface area (Å²) in [7, 11) is 0. The van der Waals surface area contributed by atoms with Crippen molar-refractivity contribution in [1.82, 2.24) is 19.6 Å². The number of rotatable bonds is 18. The van der Waals surface area contributed by atoms with Crippen molar-refractivity contribution in [3.63, 3.8) is 0 Å². The molecule has 46 heavy (non-hydrogen) atoms. The number of benzene rings is 2. The number of carboxylic acid groups (broad SMARTS) is 2. The number of hydrogen-bond donors (Lipinski definition) is 4. The highest BCUT2D eigenvalue weighted by atomic mass is 17.1. The SMILES string of the molecule is O=C(O)CN1CCN(C(COO)COCc2ccccc2)CCN(CCOO)CCN(C(COCc2ccccc2)C(=O)O)CC1. The normalized spacial score (nSPS) is 18.0. The summed E-state index contributed by atoms with van der Waals surface area (Å²) < 4.78 is 11.8. The van der Waals surface area contributed by atoms with E-state index in [0.717, 1.165) is 11.1 Å². The zero-order chi connectivity index (χ0) is 33.0. The van der Waals surface area contributed by atoms with E-state index in [1.165, 1.54) is 0 Å². The van der Waals surface area contributed by atoms with Gasteiger partial charge < -0.3 is 19.7 Å². The summed E-state index contributed by atoms with van der Waals surface area (Å²) in [5.74, 6) is -2.01. The van der Waals surface area contributed by atoms with E-state index in [4.69, 9.17) is 14.7 Å². The van der Waals surface area contributed by atoms with E-state index in [9.17, 15) is 25.1 Å². The Morgan fingerprint density at radius 2 is 1.17 bits per heavy atom. The lowest BCUT2D eigenvalue weighted by atomic mass is 10.2. The monoisotopic (exact) mass is 648 g/mol. The van der Waals surface area contributed by atoms with Gasteiger partial charge in [-0.3, -0.25) is 39.7 Å². The van der Waals surface area contributed by atoms with Gasteiger partial charge in [0, 0.05) is 58.9 Å². The van der Waals surface area contributed by atoms with E-state index in [1.54, 1.807) is 4.90 Å². The van der Waals surface area contributed by atoms with Crippen LogP contribution in [0.4, 0.5) is 0 Å². The molecule has 0 aliphatic carbocycles. The first-order valence-corrected chi connectivity index (χ1v) is 15.5. The second kappa shape index (κ2) is 21.7. The van der Waals surface area contributed by atoms with E-state index in [0.29, 0.717) is 65.5 Å². The van der Waals surface area contributed by atoms with Gasteiger partial charge in [-0.1, -0.05) is 60.7 Å². The Morgan fingerprint density at radius 1 is 0.652 bits per heavy atom. The van der Waals surface area contributed by atoms with E-state index >= 15 is 0 Å². The van der Waals surface area contributed by atoms with Crippen LogP contribution < -0.4 is 0 Å². The number of ether oxygens (including phenoxy) is 2. The van der Waals surface area contributed by atoms with Crippen molar-refractivity contribution in [1.29, 1.82) is 0 Å². The highest BCUT2D eigenvalue weighted by molar-refractivity contribution is 5.73. The van der Waals surface area contributed by atoms with Crippen molar-refractivity contribution in [2.24, 2.45) is 0 Å². The van der Waals surface area contributed by atoms with Crippen molar-refractivity contribution in [3.05, 3.63) is 71.8 Å². The molecule has 2 aromatic rings. The van der Waals surface area contributed by atoms with Crippen molar-refractivity contribution >= 4 is 11.9 Å². The lowest BCUT2D eigenvalue weighted by Gasteiger charge is -2.37. The van der Waals surface area contributed by atoms with Crippen molar-refractivity contribution in [2.45, 2.75) is 25.3 Å². The van der Waals surface area contributed by atoms with E-state index in [1.807, 2.05) is 65.6 Å². The molecule has 0 bridgehead atoms. The van der Waals surface area contributed by atoms with Crippen molar-refractivity contribution < 1.29 is 49.6 Å². The molecular formula is C32H48N4O10. The highest BCUT2D eigenvalue weighted by Crippen LogP contribution is 2.11. The number of carbonyl (C=O) groups is 2. The van der Waals surface area contributed by atoms with Crippen LogP contribution in [0.2, 0.25) is 0 Å². The smallest absolute Gasteiger partial charge is 0.323 e. The Hall–Kier alpha value is -3.02. The minimum Gasteiger partial charge on any atom is -0.480 e. The molecule has 0 saturated carbocycles. The molecule has 2 aromatic carbocycles. The zero-order valence-electron chi connectivity index (χ0n) is 26.3. The van der Waals surface area contributed by atoms with Gasteiger partial charge in [-0.15, -0.1) is 0 Å². The van der Waals surface area contributed by atoms with Crippen molar-refractivity contribution in [2.75, 3.05) is 91.9 Å². The van der Waals surface area contributed by atoms with Gasteiger partial charge in [-0.25, -0.2) is 9.78 Å². The van der Waals surface area contributed by atoms with Gasteiger partial charge in [0.2, 0.25) is 0 Å². The Bertz CT molecular complexity index is 1120. The molecule has 14 heteroatoms. The maximum atomic E-state index is 12.4. The Morgan fingerprint density at radius 3 is 1.67 bits per heavy atom. The van der Waals surface area contributed by atoms with Crippen LogP contribution >= 0.6 is 0 Å². The third-order valence-electron chi connectivity index (χ3n) is 7.99. The molecular weight excluding hydrogens is 600 g/mol. The van der Waals surface area contributed by atoms with Crippen molar-refractivity contribution in [3.8, 4) is 0 Å². The summed E-state index contributed by atoms with van der Waals surface area (Å²) >= 11 is 0. The van der Waals surface area contributed by atoms with Crippen LogP contribution in [0.25, 0.3) is 0 Å². The third-order valence-corrected chi connectivity index (χ3v) is 7.99. The van der Waals surface area contributed by atoms with Gasteiger partial charge in [-0.05, 0) is 11.1 Å². The quantitative estimate of drug-likeness (QED) is 0.136. The molecule has 1 aliphatic rings. The number of carboxylic acids is 2. The van der Waals surface area contributed by atoms with Gasteiger partial charge in [0.15, 0.2) is 0 Å². The molecule has 0 radical (unpaired) electrons. The second-order valence-electron chi connectivity index (χ2n) is 11.2. The molecule has 0 spiro atoms. The molecule has 0 aromatic heterocycles. The minimum absolute atomic E-state index is 0.00940. The number of hydrogen-bond acceptors (Lipinski definition) is 12. The fourth-order valence-corrected chi connectivity index (χ4v) is 5.37. The fraction of sp³-hybridized carbons (Fsp3) is 0.562. The number of nitrogens with zero attached hydrogens (tertiary/aromatic N) is 4. The summed E-state index contributed by atoms with van der Waals surface area (Å²) in [6.45, 7) is 4.43. The van der Waals surface area contributed by atoms with Crippen LogP contribution in [0.1, 0.15) is 11.1 Å². The third kappa shape index (κ3) is 14.2. The van der Waals surface area contributed by atoms with Gasteiger partial charge in [0.1, 0.15) is 6.04 Å². The van der Waals surface area contributed by atoms with Crippen LogP contribution in [0.15, 0.2) is 60.7 Å². The summed E-state index contributed by atoms with van der Waals surface area (Å²) in [5, 5.41) is 38.3. The first kappa shape index (κ1) is 37.4. The molecule has 1 heterocycles. The summed E-state index contributed by atoms with van der Waals surface area (Å²) in [5.41, 5.74) is 1.94. The standard InChI is InChI=1S/C32H48N4O10/c37-31(38)21-34-13-16-35(29(25-46-42)24-43-22-27-7-3-1-4-8-27)15-11-33(19-20-45-41)12-17-36(18-14-34)30(32(39)40)26-44-23-28-9-5-2-6-10-28/h1-10,29-30,41-42H,11-26H2,(H,37,38)(H,39,40). The van der Waals surface area contributed by atoms with Crippen LogP contribution in [0.5, 0.6) is 0 Å². The van der Waals surface area contributed by atoms with Gasteiger partial charge in [-0.2, -0.15) is 0 Å². The van der Waals surface area contributed by atoms with Crippen LogP contribution in [-0.2, 0) is 42.1 Å². The number of aliphatic carboxylic acids is 2. The van der Waals surface area contributed by atoms with Crippen LogP contribution in [-0.4, -0.2) is 156 Å². The molecule has 0 amide bonds. The maximum Gasteiger partial charge on any atom is 0.323 e. The molecule has 1 saturated heterocycles. The van der Waals surface area contributed by atoms with Crippen LogP contribution in [0.3, 0.4) is 0 Å². The van der Waals surface area contributed by atoms with Gasteiger partial charge in [0.25, 0.3) is 0 Å². The summed E-state index contributed by atoms with van der Waals surface area (Å²) in [4.78, 5) is 40.9. The van der Waals surface area contributed by atoms with Crippen LogP contribution in [0, 0.1) is 0 Å². The summed E-state index contributed by atoms with van der Waals surface area (Å²) in [6.07, 6.45) is 0. The van der Waals surface area contributed by atoms with Gasteiger partial charge >= 0.3 is 11.9 Å². The van der Waals surface area contributed by atoms with E-state index < -0.39 is 18.0 Å². The lowest BCUT2D eigenvalue weighted by molar-refractivity contribution is -0.255. The first-order valence-electron chi connectivity index (χ1n) is 15.5. The Kier molecular flexibility index (Phi) is 17.7. The molecule has 2 atom stereocenters. The minimum atomic E-state index is -1.02. The maximum absolute atomic E-state index is 12.4. The fourth-order valence-electron chi connectivity index (χ4n) is 5.37. The molecule has 1 fully saturated rings. The second-order valence-corrected chi connectivity index (χ2v) is 11.2. The molecule has 3 rings (SSSR count). The molecule has 1 aliphatic heterocycles. The first-order chi connectivity index (χ1) is 22.4. The lowest BCUT2D eigenvalue weighted by Crippen LogP contribution is -2.54. The Labute approximate surface area is 270 Å². The largest absolute Gasteiger partial charge is 0.480 e. The molecule has 14 nitrogen and oxygen atoms in total. The topological polar surface area (TPSA) is 165 Å². The highest BCUT2D eigenvalue weighted by Gasteiger charge is 2.29. The average Bonchev–Trinajstić information content (AvgIpc) is 3.05. The Balaban J connectivity index is 1.74. The zero-order valence-corrected chi connectivity index (χ0v) is 26.3.